The molecule has 0 spiro atoms. The number of nitrogens with zero attached hydrogens (tertiary/aromatic N) is 6. The van der Waals surface area contributed by atoms with E-state index < -0.39 is 29.9 Å². The Balaban J connectivity index is 1.12. The molecule has 7 rings (SSSR count). The summed E-state index contributed by atoms with van der Waals surface area (Å²) in [5.41, 5.74) is 20.6. The van der Waals surface area contributed by atoms with Gasteiger partial charge in [-0.3, -0.25) is 24.1 Å². The summed E-state index contributed by atoms with van der Waals surface area (Å²) in [5, 5.41) is 28.8. The Morgan fingerprint density at radius 3 is 2.29 bits per heavy atom. The minimum atomic E-state index is -0.943. The SMILES string of the molecule is C#CCOCc1cc(NC(=O)[C@H](CCCNC(N)=O)NC(=O)[C@@H](N)C(C)C)ccc1C[N+](C)(C)CCC[C@@H]1Cc2ccccc2CN1C(=O)c1ccc(Cl)cc1-c1cc(C(=O)N(c2ccc(O)cc2)c2cc(C#N)n(C)c2C)c(C)n1C. The van der Waals surface area contributed by atoms with Crippen molar-refractivity contribution in [2.24, 2.45) is 31.5 Å². The molecule has 1 aliphatic heterocycles. The molecule has 0 saturated carbocycles. The summed E-state index contributed by atoms with van der Waals surface area (Å²) >= 11 is 6.77. The maximum Gasteiger partial charge on any atom is 0.312 e. The van der Waals surface area contributed by atoms with Gasteiger partial charge < -0.3 is 55.8 Å². The van der Waals surface area contributed by atoms with Crippen LogP contribution in [0, 0.1) is 43.4 Å². The van der Waals surface area contributed by atoms with E-state index in [0.29, 0.717) is 98.4 Å². The van der Waals surface area contributed by atoms with Crippen molar-refractivity contribution in [1.29, 1.82) is 5.26 Å². The van der Waals surface area contributed by atoms with Crippen LogP contribution >= 0.6 is 11.6 Å². The van der Waals surface area contributed by atoms with E-state index in [-0.39, 0.29) is 55.7 Å². The van der Waals surface area contributed by atoms with E-state index in [0.717, 1.165) is 29.7 Å². The minimum Gasteiger partial charge on any atom is -0.508 e. The lowest BCUT2D eigenvalue weighted by Crippen LogP contribution is -2.51. The fraction of sp³-hybridized carbons (Fsp3) is 0.365. The van der Waals surface area contributed by atoms with Gasteiger partial charge in [-0.15, -0.1) is 6.42 Å². The van der Waals surface area contributed by atoms with Gasteiger partial charge in [-0.1, -0.05) is 61.7 Å². The first-order valence-electron chi connectivity index (χ1n) is 27.4. The summed E-state index contributed by atoms with van der Waals surface area (Å²) in [7, 11) is 7.92. The lowest BCUT2D eigenvalue weighted by Gasteiger charge is -2.38. The number of quaternary nitrogens is 1. The number of nitrogens with one attached hydrogen (secondary N) is 3. The van der Waals surface area contributed by atoms with Gasteiger partial charge in [0, 0.05) is 83.4 Å². The number of aromatic hydroxyl groups is 1. The highest BCUT2D eigenvalue weighted by Gasteiger charge is 2.34. The molecule has 1 aliphatic rings. The number of halogens is 1. The van der Waals surface area contributed by atoms with Gasteiger partial charge in [0.25, 0.3) is 11.8 Å². The number of amides is 6. The summed E-state index contributed by atoms with van der Waals surface area (Å²) < 4.78 is 10.0. The highest BCUT2D eigenvalue weighted by molar-refractivity contribution is 6.31. The Hall–Kier alpha value is -8.39. The van der Waals surface area contributed by atoms with Gasteiger partial charge in [0.1, 0.15) is 36.7 Å². The van der Waals surface area contributed by atoms with Crippen molar-refractivity contribution in [2.45, 2.75) is 97.6 Å². The highest BCUT2D eigenvalue weighted by Crippen LogP contribution is 2.38. The molecule has 82 heavy (non-hydrogen) atoms. The predicted molar refractivity (Wildman–Crippen MR) is 319 cm³/mol. The number of nitriles is 1. The van der Waals surface area contributed by atoms with E-state index in [1.165, 1.54) is 17.7 Å². The molecule has 0 unspecified atom stereocenters. The molecule has 6 amide bonds. The number of ether oxygens (including phenoxy) is 1. The zero-order chi connectivity index (χ0) is 59.6. The average molecular weight is 1130 g/mol. The van der Waals surface area contributed by atoms with Gasteiger partial charge in [0.05, 0.1) is 44.5 Å². The van der Waals surface area contributed by atoms with Crippen LogP contribution in [0.4, 0.5) is 21.9 Å². The summed E-state index contributed by atoms with van der Waals surface area (Å²) in [4.78, 5) is 72.0. The summed E-state index contributed by atoms with van der Waals surface area (Å²) in [5.74, 6) is 0.950. The normalized spacial score (nSPS) is 13.8. The molecule has 0 saturated heterocycles. The number of primary amides is 1. The number of anilines is 3. The number of urea groups is 1. The fourth-order valence-corrected chi connectivity index (χ4v) is 10.7. The summed E-state index contributed by atoms with van der Waals surface area (Å²) in [6.45, 7) is 9.57. The quantitative estimate of drug-likeness (QED) is 0.0204. The average Bonchev–Trinajstić information content (AvgIpc) is 3.17. The first-order chi connectivity index (χ1) is 39.0. The molecule has 3 heterocycles. The van der Waals surface area contributed by atoms with Gasteiger partial charge in [-0.2, -0.15) is 5.26 Å². The number of rotatable bonds is 23. The Bertz CT molecular complexity index is 3420. The number of fused-ring (bicyclic) bond motifs is 1. The van der Waals surface area contributed by atoms with Crippen LogP contribution in [0.25, 0.3) is 11.3 Å². The first-order valence-corrected chi connectivity index (χ1v) is 27.8. The fourth-order valence-electron chi connectivity index (χ4n) is 10.5. The number of carbonyl (C=O) groups is 5. The molecule has 4 aromatic carbocycles. The van der Waals surface area contributed by atoms with Gasteiger partial charge in [0.15, 0.2) is 0 Å². The van der Waals surface area contributed by atoms with E-state index in [2.05, 4.69) is 54.2 Å². The van der Waals surface area contributed by atoms with Crippen molar-refractivity contribution in [3.8, 4) is 35.4 Å². The molecule has 0 aliphatic carbocycles. The third kappa shape index (κ3) is 14.6. The number of hydrogen-bond acceptors (Lipinski definition) is 9. The van der Waals surface area contributed by atoms with Crippen LogP contribution in [0.3, 0.4) is 0 Å². The number of nitrogens with two attached hydrogens (primary N) is 2. The minimum absolute atomic E-state index is 0.0370. The van der Waals surface area contributed by atoms with Crippen LogP contribution in [-0.4, -0.2) is 105 Å². The topological polar surface area (TPSA) is 243 Å². The Morgan fingerprint density at radius 1 is 0.902 bits per heavy atom. The molecule has 2 aromatic heterocycles. The van der Waals surface area contributed by atoms with Crippen molar-refractivity contribution in [1.82, 2.24) is 24.7 Å². The standard InChI is InChI=1S/C63H74ClN11O7/c1-10-29-82-38-45-30-47(69-59(77)55(18-13-27-68-63(67)81)70-60(78)58(66)39(2)3)21-19-44(45)37-75(8,9)28-14-17-49-31-42-15-11-12-16-43(42)36-73(49)61(79)52-26-20-46(64)32-54(52)57-34-53(40(4)72(57)7)62(80)74(48-22-24-51(76)25-23-48)56-33-50(35-65)71(6)41(56)5/h1,11-12,15-16,19-26,30,32-34,39,49,55,58H,13-14,17-18,27-29,31,36-38,66H2,2-9H3,(H5-,67,68,69,70,76,77,78,81)/p+1/t49-,55+,58+/m1/s1. The molecule has 18 nitrogen and oxygen atoms in total. The number of carbonyl (C=O) groups excluding carboxylic acids is 5. The molecule has 6 aromatic rings. The molecule has 0 radical (unpaired) electrons. The Kier molecular flexibility index (Phi) is 20.1. The Morgan fingerprint density at radius 2 is 1.62 bits per heavy atom. The smallest absolute Gasteiger partial charge is 0.312 e. The molecular weight excluding hydrogens is 1060 g/mol. The van der Waals surface area contributed by atoms with Crippen LogP contribution in [-0.2, 0) is 54.5 Å². The maximum absolute atomic E-state index is 15.4. The second-order valence-corrected chi connectivity index (χ2v) is 22.5. The van der Waals surface area contributed by atoms with Gasteiger partial charge in [0.2, 0.25) is 11.8 Å². The van der Waals surface area contributed by atoms with Crippen molar-refractivity contribution >= 4 is 58.3 Å². The highest BCUT2D eigenvalue weighted by atomic mass is 35.5. The first kappa shape index (κ1) is 61.2. The zero-order valence-electron chi connectivity index (χ0n) is 48.0. The van der Waals surface area contributed by atoms with Gasteiger partial charge in [-0.25, -0.2) is 4.79 Å². The Labute approximate surface area is 485 Å². The third-order valence-corrected chi connectivity index (χ3v) is 15.7. The third-order valence-electron chi connectivity index (χ3n) is 15.5. The van der Waals surface area contributed by atoms with Crippen LogP contribution in [0.1, 0.15) is 99.6 Å². The van der Waals surface area contributed by atoms with Crippen molar-refractivity contribution < 1.29 is 38.3 Å². The second-order valence-electron chi connectivity index (χ2n) is 22.1. The van der Waals surface area contributed by atoms with Crippen LogP contribution in [0.15, 0.2) is 97.1 Å². The number of aromatic nitrogens is 2. The molecule has 0 fully saturated rings. The predicted octanol–water partition coefficient (Wildman–Crippen LogP) is 8.49. The molecule has 19 heteroatoms. The van der Waals surface area contributed by atoms with Gasteiger partial charge >= 0.3 is 6.03 Å². The van der Waals surface area contributed by atoms with Crippen molar-refractivity contribution in [3.05, 3.63) is 153 Å². The molecule has 3 atom stereocenters. The lowest BCUT2D eigenvalue weighted by molar-refractivity contribution is -0.903. The molecular formula is C63H75ClN11O7+. The van der Waals surface area contributed by atoms with E-state index in [9.17, 15) is 24.8 Å². The largest absolute Gasteiger partial charge is 0.508 e. The number of phenols is 1. The number of terminal acetylenes is 1. The number of hydrogen-bond donors (Lipinski definition) is 6. The second kappa shape index (κ2) is 26.9. The van der Waals surface area contributed by atoms with Crippen LogP contribution < -0.4 is 32.3 Å². The molecule has 8 N–H and O–H groups in total. The monoisotopic (exact) mass is 1130 g/mol. The van der Waals surface area contributed by atoms with E-state index >= 15 is 9.59 Å². The molecule has 430 valence electrons. The van der Waals surface area contributed by atoms with E-state index in [1.807, 2.05) is 74.5 Å². The van der Waals surface area contributed by atoms with E-state index in [4.69, 9.17) is 34.2 Å². The van der Waals surface area contributed by atoms with Crippen molar-refractivity contribution in [2.75, 3.05) is 44.0 Å². The maximum atomic E-state index is 15.4. The van der Waals surface area contributed by atoms with Crippen LogP contribution in [0.2, 0.25) is 5.02 Å². The van der Waals surface area contributed by atoms with Crippen LogP contribution in [0.5, 0.6) is 5.75 Å². The summed E-state index contributed by atoms with van der Waals surface area (Å²) in [6.07, 6.45) is 8.28. The number of benzene rings is 4. The summed E-state index contributed by atoms with van der Waals surface area (Å²) in [6, 6.07) is 28.4. The zero-order valence-corrected chi connectivity index (χ0v) is 48.8. The molecule has 0 bridgehead atoms. The number of phenolic OH excluding ortho intramolecular Hbond substituents is 1. The van der Waals surface area contributed by atoms with Gasteiger partial charge in [-0.05, 0) is 135 Å². The van der Waals surface area contributed by atoms with E-state index in [1.54, 1.807) is 59.0 Å². The lowest BCUT2D eigenvalue weighted by atomic mass is 9.90. The van der Waals surface area contributed by atoms with Crippen molar-refractivity contribution in [3.63, 3.8) is 0 Å².